The van der Waals surface area contributed by atoms with Crippen LogP contribution >= 0.6 is 0 Å². The third-order valence-corrected chi connectivity index (χ3v) is 5.60. The zero-order chi connectivity index (χ0) is 22.6. The summed E-state index contributed by atoms with van der Waals surface area (Å²) in [5, 5.41) is 2.52. The van der Waals surface area contributed by atoms with E-state index in [1.807, 2.05) is 30.3 Å². The van der Waals surface area contributed by atoms with Crippen molar-refractivity contribution in [3.63, 3.8) is 0 Å². The standard InChI is InChI=1S/C22H19F3N2O3S/c1-31(29,30)27(15-16-5-3-2-4-6-16)20-13-7-17(8-14-20)21(28)26-19-11-9-18(10-12-19)22(23,24)25/h2-14H,15H2,1H3,(H,26,28). The number of amides is 1. The molecular formula is C22H19F3N2O3S. The average molecular weight is 448 g/mol. The van der Waals surface area contributed by atoms with Crippen LogP contribution in [0, 0.1) is 0 Å². The third kappa shape index (κ3) is 5.85. The molecule has 31 heavy (non-hydrogen) atoms. The van der Waals surface area contributed by atoms with Crippen molar-refractivity contribution in [2.75, 3.05) is 15.9 Å². The second kappa shape index (κ2) is 8.81. The second-order valence-corrected chi connectivity index (χ2v) is 8.74. The molecule has 0 aromatic heterocycles. The molecule has 9 heteroatoms. The van der Waals surface area contributed by atoms with Crippen LogP contribution in [-0.2, 0) is 22.7 Å². The first-order valence-corrected chi connectivity index (χ1v) is 11.0. The maximum atomic E-state index is 12.6. The number of hydrogen-bond acceptors (Lipinski definition) is 3. The largest absolute Gasteiger partial charge is 0.416 e. The molecule has 1 amide bonds. The van der Waals surface area contributed by atoms with E-state index in [0.29, 0.717) is 5.69 Å². The number of carbonyl (C=O) groups is 1. The van der Waals surface area contributed by atoms with E-state index in [4.69, 9.17) is 0 Å². The lowest BCUT2D eigenvalue weighted by Gasteiger charge is -2.22. The van der Waals surface area contributed by atoms with Gasteiger partial charge in [-0.05, 0) is 54.1 Å². The number of rotatable bonds is 6. The van der Waals surface area contributed by atoms with E-state index in [0.717, 1.165) is 24.0 Å². The highest BCUT2D eigenvalue weighted by Gasteiger charge is 2.30. The quantitative estimate of drug-likeness (QED) is 0.582. The molecule has 0 saturated heterocycles. The van der Waals surface area contributed by atoms with Gasteiger partial charge in [-0.2, -0.15) is 13.2 Å². The van der Waals surface area contributed by atoms with Crippen molar-refractivity contribution in [3.05, 3.63) is 95.6 Å². The van der Waals surface area contributed by atoms with Crippen LogP contribution in [0.15, 0.2) is 78.9 Å². The van der Waals surface area contributed by atoms with Crippen LogP contribution in [0.3, 0.4) is 0 Å². The Morgan fingerprint density at radius 3 is 2.00 bits per heavy atom. The SMILES string of the molecule is CS(=O)(=O)N(Cc1ccccc1)c1ccc(C(=O)Nc2ccc(C(F)(F)F)cc2)cc1. The van der Waals surface area contributed by atoms with Gasteiger partial charge in [-0.15, -0.1) is 0 Å². The fourth-order valence-corrected chi connectivity index (χ4v) is 3.76. The molecule has 0 atom stereocenters. The number of benzene rings is 3. The highest BCUT2D eigenvalue weighted by Crippen LogP contribution is 2.30. The molecule has 0 aliphatic carbocycles. The molecule has 1 N–H and O–H groups in total. The summed E-state index contributed by atoms with van der Waals surface area (Å²) in [6.45, 7) is 0.136. The van der Waals surface area contributed by atoms with E-state index in [-0.39, 0.29) is 17.8 Å². The van der Waals surface area contributed by atoms with Gasteiger partial charge >= 0.3 is 6.18 Å². The van der Waals surface area contributed by atoms with E-state index < -0.39 is 27.7 Å². The molecule has 0 aliphatic rings. The van der Waals surface area contributed by atoms with Crippen LogP contribution in [0.1, 0.15) is 21.5 Å². The number of carbonyl (C=O) groups excluding carboxylic acids is 1. The fraction of sp³-hybridized carbons (Fsp3) is 0.136. The topological polar surface area (TPSA) is 66.5 Å². The van der Waals surface area contributed by atoms with Gasteiger partial charge in [0.15, 0.2) is 0 Å². The monoisotopic (exact) mass is 448 g/mol. The van der Waals surface area contributed by atoms with Crippen LogP contribution in [0.2, 0.25) is 0 Å². The normalized spacial score (nSPS) is 11.7. The second-order valence-electron chi connectivity index (χ2n) is 6.83. The zero-order valence-electron chi connectivity index (χ0n) is 16.4. The highest BCUT2D eigenvalue weighted by molar-refractivity contribution is 7.92. The summed E-state index contributed by atoms with van der Waals surface area (Å²) in [7, 11) is -3.57. The minimum Gasteiger partial charge on any atom is -0.322 e. The number of sulfonamides is 1. The molecule has 0 saturated carbocycles. The maximum Gasteiger partial charge on any atom is 0.416 e. The molecule has 0 heterocycles. The summed E-state index contributed by atoms with van der Waals surface area (Å²) >= 11 is 0. The molecule has 0 fully saturated rings. The van der Waals surface area contributed by atoms with Gasteiger partial charge in [-0.1, -0.05) is 30.3 Å². The van der Waals surface area contributed by atoms with Crippen molar-refractivity contribution < 1.29 is 26.4 Å². The van der Waals surface area contributed by atoms with Gasteiger partial charge in [-0.3, -0.25) is 9.10 Å². The molecule has 3 rings (SSSR count). The average Bonchev–Trinajstić information content (AvgIpc) is 2.72. The Morgan fingerprint density at radius 1 is 0.903 bits per heavy atom. The van der Waals surface area contributed by atoms with Crippen molar-refractivity contribution >= 4 is 27.3 Å². The van der Waals surface area contributed by atoms with Crippen LogP contribution in [0.4, 0.5) is 24.5 Å². The number of anilines is 2. The van der Waals surface area contributed by atoms with Crippen LogP contribution in [0.5, 0.6) is 0 Å². The molecule has 0 unspecified atom stereocenters. The maximum absolute atomic E-state index is 12.6. The fourth-order valence-electron chi connectivity index (χ4n) is 2.87. The lowest BCUT2D eigenvalue weighted by Crippen LogP contribution is -2.29. The summed E-state index contributed by atoms with van der Waals surface area (Å²) in [4.78, 5) is 12.4. The van der Waals surface area contributed by atoms with Crippen LogP contribution in [0.25, 0.3) is 0 Å². The summed E-state index contributed by atoms with van der Waals surface area (Å²) in [6, 6.07) is 19.1. The van der Waals surface area contributed by atoms with Crippen LogP contribution in [-0.4, -0.2) is 20.6 Å². The number of nitrogens with zero attached hydrogens (tertiary/aromatic N) is 1. The summed E-state index contributed by atoms with van der Waals surface area (Å²) < 4.78 is 63.7. The number of alkyl halides is 3. The summed E-state index contributed by atoms with van der Waals surface area (Å²) in [5.74, 6) is -0.528. The van der Waals surface area contributed by atoms with E-state index >= 15 is 0 Å². The van der Waals surface area contributed by atoms with Crippen molar-refractivity contribution in [3.8, 4) is 0 Å². The molecule has 0 spiro atoms. The molecular weight excluding hydrogens is 429 g/mol. The third-order valence-electron chi connectivity index (χ3n) is 4.46. The summed E-state index contributed by atoms with van der Waals surface area (Å²) in [6.07, 6.45) is -3.36. The van der Waals surface area contributed by atoms with Gasteiger partial charge in [0.05, 0.1) is 24.1 Å². The minimum absolute atomic E-state index is 0.136. The van der Waals surface area contributed by atoms with E-state index in [2.05, 4.69) is 5.32 Å². The molecule has 0 radical (unpaired) electrons. The Kier molecular flexibility index (Phi) is 6.35. The van der Waals surface area contributed by atoms with Gasteiger partial charge < -0.3 is 5.32 Å². The van der Waals surface area contributed by atoms with Crippen molar-refractivity contribution in [1.29, 1.82) is 0 Å². The lowest BCUT2D eigenvalue weighted by molar-refractivity contribution is -0.137. The molecule has 5 nitrogen and oxygen atoms in total. The van der Waals surface area contributed by atoms with Gasteiger partial charge in [0, 0.05) is 11.3 Å². The molecule has 0 aliphatic heterocycles. The first-order chi connectivity index (χ1) is 14.5. The van der Waals surface area contributed by atoms with Gasteiger partial charge in [-0.25, -0.2) is 8.42 Å². The first kappa shape index (κ1) is 22.4. The zero-order valence-corrected chi connectivity index (χ0v) is 17.2. The van der Waals surface area contributed by atoms with E-state index in [9.17, 15) is 26.4 Å². The Balaban J connectivity index is 1.75. The van der Waals surface area contributed by atoms with Gasteiger partial charge in [0.2, 0.25) is 10.0 Å². The first-order valence-electron chi connectivity index (χ1n) is 9.14. The number of hydrogen-bond donors (Lipinski definition) is 1. The number of halogens is 3. The molecule has 162 valence electrons. The Hall–Kier alpha value is -3.33. The Bertz CT molecular complexity index is 1150. The highest BCUT2D eigenvalue weighted by atomic mass is 32.2. The Morgan fingerprint density at radius 2 is 1.48 bits per heavy atom. The smallest absolute Gasteiger partial charge is 0.322 e. The summed E-state index contributed by atoms with van der Waals surface area (Å²) in [5.41, 5.74) is 0.823. The van der Waals surface area contributed by atoms with Crippen molar-refractivity contribution in [2.45, 2.75) is 12.7 Å². The van der Waals surface area contributed by atoms with Gasteiger partial charge in [0.1, 0.15) is 0 Å². The Labute approximate surface area is 178 Å². The predicted molar refractivity (Wildman–Crippen MR) is 113 cm³/mol. The van der Waals surface area contributed by atoms with Crippen molar-refractivity contribution in [1.82, 2.24) is 0 Å². The van der Waals surface area contributed by atoms with E-state index in [1.165, 1.54) is 40.7 Å². The molecule has 3 aromatic rings. The van der Waals surface area contributed by atoms with Crippen LogP contribution < -0.4 is 9.62 Å². The number of nitrogens with one attached hydrogen (secondary N) is 1. The predicted octanol–water partition coefficient (Wildman–Crippen LogP) is 4.92. The van der Waals surface area contributed by atoms with E-state index in [1.54, 1.807) is 0 Å². The molecule has 3 aromatic carbocycles. The molecule has 0 bridgehead atoms. The van der Waals surface area contributed by atoms with Crippen molar-refractivity contribution in [2.24, 2.45) is 0 Å². The minimum atomic E-state index is -4.45. The van der Waals surface area contributed by atoms with Gasteiger partial charge in [0.25, 0.3) is 5.91 Å². The lowest BCUT2D eigenvalue weighted by atomic mass is 10.1.